The molecule has 0 aliphatic rings. The standard InChI is InChI=1S/C21H15F3N2O2/c22-21(23,24)28-17-11-9-16(10-12-17)27-13-14-5-7-15(8-6-14)20-25-18-3-1-2-4-19(18)26-20/h1-12H,13H2,(H,25,26). The third-order valence-corrected chi connectivity index (χ3v) is 4.08. The zero-order chi connectivity index (χ0) is 19.6. The summed E-state index contributed by atoms with van der Waals surface area (Å²) in [5.74, 6) is 0.958. The van der Waals surface area contributed by atoms with Crippen LogP contribution in [0.5, 0.6) is 11.5 Å². The fourth-order valence-electron chi connectivity index (χ4n) is 2.75. The lowest BCUT2D eigenvalue weighted by molar-refractivity contribution is -0.274. The number of aromatic nitrogens is 2. The molecule has 4 rings (SSSR count). The van der Waals surface area contributed by atoms with E-state index < -0.39 is 6.36 Å². The summed E-state index contributed by atoms with van der Waals surface area (Å²) >= 11 is 0. The lowest BCUT2D eigenvalue weighted by Crippen LogP contribution is -2.16. The summed E-state index contributed by atoms with van der Waals surface area (Å²) in [4.78, 5) is 7.84. The maximum Gasteiger partial charge on any atom is 0.573 e. The van der Waals surface area contributed by atoms with Gasteiger partial charge in [0, 0.05) is 5.56 Å². The van der Waals surface area contributed by atoms with Crippen molar-refractivity contribution in [3.05, 3.63) is 78.4 Å². The molecule has 1 aromatic heterocycles. The summed E-state index contributed by atoms with van der Waals surface area (Å²) in [6.07, 6.45) is -4.70. The number of H-pyrrole nitrogens is 1. The molecule has 1 N–H and O–H groups in total. The van der Waals surface area contributed by atoms with Crippen LogP contribution in [0.2, 0.25) is 0 Å². The van der Waals surface area contributed by atoms with Crippen LogP contribution in [0.1, 0.15) is 5.56 Å². The summed E-state index contributed by atoms with van der Waals surface area (Å²) in [6, 6.07) is 20.8. The molecule has 3 aromatic carbocycles. The first-order valence-electron chi connectivity index (χ1n) is 8.49. The number of hydrogen-bond acceptors (Lipinski definition) is 3. The quantitative estimate of drug-likeness (QED) is 0.480. The highest BCUT2D eigenvalue weighted by molar-refractivity contribution is 5.79. The van der Waals surface area contributed by atoms with E-state index in [1.165, 1.54) is 24.3 Å². The number of ether oxygens (including phenoxy) is 2. The van der Waals surface area contributed by atoms with E-state index in [2.05, 4.69) is 14.7 Å². The molecule has 28 heavy (non-hydrogen) atoms. The van der Waals surface area contributed by atoms with Gasteiger partial charge in [0.15, 0.2) is 0 Å². The average Bonchev–Trinajstić information content (AvgIpc) is 3.11. The number of hydrogen-bond donors (Lipinski definition) is 1. The van der Waals surface area contributed by atoms with Crippen molar-refractivity contribution in [1.82, 2.24) is 9.97 Å². The molecule has 0 saturated heterocycles. The predicted octanol–water partition coefficient (Wildman–Crippen LogP) is 5.71. The molecule has 0 saturated carbocycles. The van der Waals surface area contributed by atoms with E-state index in [0.717, 1.165) is 28.0 Å². The van der Waals surface area contributed by atoms with Gasteiger partial charge < -0.3 is 14.5 Å². The molecule has 0 atom stereocenters. The first-order valence-corrected chi connectivity index (χ1v) is 8.49. The van der Waals surface area contributed by atoms with E-state index in [1.54, 1.807) is 0 Å². The van der Waals surface area contributed by atoms with Crippen LogP contribution in [-0.2, 0) is 6.61 Å². The van der Waals surface area contributed by atoms with Gasteiger partial charge in [-0.1, -0.05) is 36.4 Å². The van der Waals surface area contributed by atoms with Crippen molar-refractivity contribution in [2.45, 2.75) is 13.0 Å². The minimum absolute atomic E-state index is 0.282. The summed E-state index contributed by atoms with van der Waals surface area (Å²) < 4.78 is 45.9. The van der Waals surface area contributed by atoms with Gasteiger partial charge in [-0.25, -0.2) is 4.98 Å². The minimum atomic E-state index is -4.70. The number of para-hydroxylation sites is 2. The summed E-state index contributed by atoms with van der Waals surface area (Å²) in [5.41, 5.74) is 3.76. The number of imidazole rings is 1. The molecule has 4 aromatic rings. The first-order chi connectivity index (χ1) is 13.5. The Balaban J connectivity index is 1.39. The maximum absolute atomic E-state index is 12.2. The molecule has 0 amide bonds. The van der Waals surface area contributed by atoms with E-state index >= 15 is 0 Å². The van der Waals surface area contributed by atoms with Crippen LogP contribution >= 0.6 is 0 Å². The van der Waals surface area contributed by atoms with Crippen LogP contribution in [0.25, 0.3) is 22.4 Å². The number of halogens is 3. The van der Waals surface area contributed by atoms with Crippen molar-refractivity contribution in [2.24, 2.45) is 0 Å². The third kappa shape index (κ3) is 4.25. The van der Waals surface area contributed by atoms with Crippen LogP contribution in [-0.4, -0.2) is 16.3 Å². The number of alkyl halides is 3. The zero-order valence-electron chi connectivity index (χ0n) is 14.5. The molecule has 4 nitrogen and oxygen atoms in total. The minimum Gasteiger partial charge on any atom is -0.489 e. The number of fused-ring (bicyclic) bond motifs is 1. The summed E-state index contributed by atoms with van der Waals surface area (Å²) in [7, 11) is 0. The molecule has 7 heteroatoms. The van der Waals surface area contributed by atoms with Crippen LogP contribution in [0.15, 0.2) is 72.8 Å². The SMILES string of the molecule is FC(F)(F)Oc1ccc(OCc2ccc(-c3nc4ccccc4[nH]3)cc2)cc1. The van der Waals surface area contributed by atoms with Crippen LogP contribution in [0.3, 0.4) is 0 Å². The Morgan fingerprint density at radius 3 is 2.18 bits per heavy atom. The first kappa shape index (κ1) is 17.9. The van der Waals surface area contributed by atoms with Gasteiger partial charge >= 0.3 is 6.36 Å². The molecule has 0 fully saturated rings. The van der Waals surface area contributed by atoms with Crippen molar-refractivity contribution in [1.29, 1.82) is 0 Å². The molecule has 0 aliphatic heterocycles. The second-order valence-corrected chi connectivity index (χ2v) is 6.11. The zero-order valence-corrected chi connectivity index (χ0v) is 14.5. The number of nitrogens with zero attached hydrogens (tertiary/aromatic N) is 1. The second-order valence-electron chi connectivity index (χ2n) is 6.11. The smallest absolute Gasteiger partial charge is 0.489 e. The molecule has 1 heterocycles. The Morgan fingerprint density at radius 1 is 0.821 bits per heavy atom. The molecular formula is C21H15F3N2O2. The molecule has 0 bridgehead atoms. The highest BCUT2D eigenvalue weighted by Gasteiger charge is 2.30. The Morgan fingerprint density at radius 2 is 1.50 bits per heavy atom. The van der Waals surface area contributed by atoms with Gasteiger partial charge in [0.1, 0.15) is 23.9 Å². The number of benzene rings is 3. The summed E-state index contributed by atoms with van der Waals surface area (Å²) in [6.45, 7) is 0.292. The summed E-state index contributed by atoms with van der Waals surface area (Å²) in [5, 5.41) is 0. The van der Waals surface area contributed by atoms with E-state index in [-0.39, 0.29) is 5.75 Å². The number of rotatable bonds is 5. The molecule has 0 aliphatic carbocycles. The van der Waals surface area contributed by atoms with Gasteiger partial charge in [0.25, 0.3) is 0 Å². The van der Waals surface area contributed by atoms with Crippen molar-refractivity contribution >= 4 is 11.0 Å². The number of aromatic amines is 1. The van der Waals surface area contributed by atoms with Gasteiger partial charge in [-0.05, 0) is 42.0 Å². The maximum atomic E-state index is 12.2. The lowest BCUT2D eigenvalue weighted by Gasteiger charge is -2.10. The van der Waals surface area contributed by atoms with Gasteiger partial charge in [-0.3, -0.25) is 0 Å². The lowest BCUT2D eigenvalue weighted by atomic mass is 10.1. The Bertz CT molecular complexity index is 1040. The van der Waals surface area contributed by atoms with Crippen molar-refractivity contribution in [3.63, 3.8) is 0 Å². The van der Waals surface area contributed by atoms with Crippen molar-refractivity contribution in [3.8, 4) is 22.9 Å². The Hall–Kier alpha value is -3.48. The second kappa shape index (κ2) is 7.26. The Labute approximate surface area is 158 Å². The topological polar surface area (TPSA) is 47.1 Å². The largest absolute Gasteiger partial charge is 0.573 e. The van der Waals surface area contributed by atoms with Crippen LogP contribution < -0.4 is 9.47 Å². The van der Waals surface area contributed by atoms with Gasteiger partial charge in [0.2, 0.25) is 0 Å². The molecule has 0 spiro atoms. The fourth-order valence-corrected chi connectivity index (χ4v) is 2.75. The predicted molar refractivity (Wildman–Crippen MR) is 99.0 cm³/mol. The van der Waals surface area contributed by atoms with Gasteiger partial charge in [0.05, 0.1) is 11.0 Å². The normalized spacial score (nSPS) is 11.5. The van der Waals surface area contributed by atoms with E-state index in [4.69, 9.17) is 4.74 Å². The van der Waals surface area contributed by atoms with Gasteiger partial charge in [-0.2, -0.15) is 0 Å². The van der Waals surface area contributed by atoms with Crippen LogP contribution in [0, 0.1) is 0 Å². The van der Waals surface area contributed by atoms with E-state index in [0.29, 0.717) is 12.4 Å². The highest BCUT2D eigenvalue weighted by Crippen LogP contribution is 2.25. The van der Waals surface area contributed by atoms with E-state index in [1.807, 2.05) is 48.5 Å². The highest BCUT2D eigenvalue weighted by atomic mass is 19.4. The number of nitrogens with one attached hydrogen (secondary N) is 1. The monoisotopic (exact) mass is 384 g/mol. The Kier molecular flexibility index (Phi) is 4.65. The fraction of sp³-hybridized carbons (Fsp3) is 0.0952. The molecule has 0 unspecified atom stereocenters. The molecule has 142 valence electrons. The van der Waals surface area contributed by atoms with Crippen LogP contribution in [0.4, 0.5) is 13.2 Å². The van der Waals surface area contributed by atoms with Crippen molar-refractivity contribution < 1.29 is 22.6 Å². The third-order valence-electron chi connectivity index (χ3n) is 4.08. The molecular weight excluding hydrogens is 369 g/mol. The average molecular weight is 384 g/mol. The van der Waals surface area contributed by atoms with E-state index in [9.17, 15) is 13.2 Å². The van der Waals surface area contributed by atoms with Crippen molar-refractivity contribution in [2.75, 3.05) is 0 Å². The van der Waals surface area contributed by atoms with Gasteiger partial charge in [-0.15, -0.1) is 13.2 Å². The molecule has 0 radical (unpaired) electrons.